The van der Waals surface area contributed by atoms with Crippen molar-refractivity contribution in [2.75, 3.05) is 26.9 Å². The average molecular weight is 771 g/mol. The van der Waals surface area contributed by atoms with Crippen LogP contribution in [0.25, 0.3) is 0 Å². The zero-order valence-corrected chi connectivity index (χ0v) is 32.6. The Bertz CT molecular complexity index is 1350. The molecule has 2 heterocycles. The summed E-state index contributed by atoms with van der Waals surface area (Å²) in [5.41, 5.74) is -1.87. The largest absolute Gasteiger partial charge is 0.390 e. The van der Waals surface area contributed by atoms with Gasteiger partial charge in [-0.05, 0) is 78.1 Å². The standard InChI is InChI=1S/C40H66O14/c1-7-21(20(3)16-51-36-33(48)29(44)25(42)17-52-36)9-8-19(2)28-31(46)32(47)35-39(28,5)13-11-27-38(4)12-10-22(14-23(38)24(41)15-40(27,35)49)54-37-34(50-6)30(45)26(43)18-53-37/h8-9,14,19-22,24-37,41-49H,7,10-13,15-18H2,1-6H3/t19-,20-,21-,22+,24-,25-,26-,27-,28+,29+,30+,31-,32+,33-,34-,35-,36-,37+,38+,39-,40+/m1/s1. The van der Waals surface area contributed by atoms with Gasteiger partial charge in [-0.3, -0.25) is 0 Å². The van der Waals surface area contributed by atoms with Crippen molar-refractivity contribution in [2.45, 2.75) is 152 Å². The summed E-state index contributed by atoms with van der Waals surface area (Å²) in [5.74, 6) is -1.36. The first-order chi connectivity index (χ1) is 25.4. The zero-order chi connectivity index (χ0) is 39.5. The van der Waals surface area contributed by atoms with Gasteiger partial charge in [0, 0.05) is 19.4 Å². The molecule has 14 nitrogen and oxygen atoms in total. The Balaban J connectivity index is 1.15. The molecule has 0 aromatic rings. The monoisotopic (exact) mass is 770 g/mol. The van der Waals surface area contributed by atoms with Gasteiger partial charge in [-0.1, -0.05) is 52.8 Å². The van der Waals surface area contributed by atoms with Crippen LogP contribution in [0.3, 0.4) is 0 Å². The van der Waals surface area contributed by atoms with Gasteiger partial charge in [0.05, 0.1) is 49.8 Å². The van der Waals surface area contributed by atoms with Crippen LogP contribution in [0.15, 0.2) is 23.8 Å². The first-order valence-electron chi connectivity index (χ1n) is 20.0. The highest BCUT2D eigenvalue weighted by Gasteiger charge is 2.72. The average Bonchev–Trinajstić information content (AvgIpc) is 3.33. The molecule has 2 saturated heterocycles. The molecule has 9 N–H and O–H groups in total. The SMILES string of the molecule is CC[C@H](C=C[C@@H](C)[C@H]1[C@@H](O)[C@H](O)[C@@H]2[C@]1(C)CC[C@H]1[C@@]2(O)C[C@@H](O)C2=C[C@@H](O[C@@H]3OC[C@@H](O)[C@H](O)[C@H]3OC)CC[C@@]21C)[C@H](C)CO[C@@H]1OC[C@@H](O)[C@H](O)[C@H]1O. The summed E-state index contributed by atoms with van der Waals surface area (Å²) in [5, 5.41) is 98.7. The maximum Gasteiger partial charge on any atom is 0.187 e. The second-order valence-electron chi connectivity index (χ2n) is 17.9. The van der Waals surface area contributed by atoms with Crippen LogP contribution >= 0.6 is 0 Å². The molecular formula is C40H66O14. The van der Waals surface area contributed by atoms with Crippen LogP contribution in [0.2, 0.25) is 0 Å². The van der Waals surface area contributed by atoms with Gasteiger partial charge in [-0.15, -0.1) is 0 Å². The fourth-order valence-electron chi connectivity index (χ4n) is 11.8. The maximum atomic E-state index is 12.8. The van der Waals surface area contributed by atoms with Crippen LogP contribution in [0.4, 0.5) is 0 Å². The third-order valence-electron chi connectivity index (χ3n) is 14.7. The Labute approximate surface area is 318 Å². The van der Waals surface area contributed by atoms with E-state index in [1.54, 1.807) is 0 Å². The van der Waals surface area contributed by atoms with Crippen molar-refractivity contribution in [3.8, 4) is 0 Å². The fraction of sp³-hybridized carbons (Fsp3) is 0.900. The Morgan fingerprint density at radius 2 is 1.52 bits per heavy atom. The van der Waals surface area contributed by atoms with E-state index >= 15 is 0 Å². The third-order valence-corrected chi connectivity index (χ3v) is 14.7. The van der Waals surface area contributed by atoms with E-state index in [9.17, 15) is 46.0 Å². The maximum absolute atomic E-state index is 12.8. The fourth-order valence-corrected chi connectivity index (χ4v) is 11.8. The molecule has 21 atom stereocenters. The van der Waals surface area contributed by atoms with Crippen molar-refractivity contribution < 1.29 is 69.6 Å². The van der Waals surface area contributed by atoms with Crippen molar-refractivity contribution >= 4 is 0 Å². The molecule has 0 amide bonds. The highest BCUT2D eigenvalue weighted by atomic mass is 16.7. The van der Waals surface area contributed by atoms with Gasteiger partial charge in [-0.25, -0.2) is 0 Å². The van der Waals surface area contributed by atoms with E-state index in [-0.39, 0.29) is 55.8 Å². The predicted octanol–water partition coefficient (Wildman–Crippen LogP) is 0.381. The molecule has 0 radical (unpaired) electrons. The summed E-state index contributed by atoms with van der Waals surface area (Å²) in [4.78, 5) is 0. The Morgan fingerprint density at radius 3 is 2.19 bits per heavy atom. The lowest BCUT2D eigenvalue weighted by Crippen LogP contribution is -2.66. The molecule has 6 aliphatic rings. The molecule has 0 aromatic heterocycles. The summed E-state index contributed by atoms with van der Waals surface area (Å²) in [6, 6.07) is 0. The van der Waals surface area contributed by atoms with E-state index in [1.807, 2.05) is 19.9 Å². The van der Waals surface area contributed by atoms with Crippen molar-refractivity contribution in [1.29, 1.82) is 0 Å². The highest BCUT2D eigenvalue weighted by molar-refractivity contribution is 5.33. The summed E-state index contributed by atoms with van der Waals surface area (Å²) in [7, 11) is 1.42. The number of fused-ring (bicyclic) bond motifs is 5. The minimum absolute atomic E-state index is 0.0140. The summed E-state index contributed by atoms with van der Waals surface area (Å²) >= 11 is 0. The molecule has 0 bridgehead atoms. The van der Waals surface area contributed by atoms with Gasteiger partial charge in [0.15, 0.2) is 12.6 Å². The number of aliphatic hydroxyl groups excluding tert-OH is 8. The smallest absolute Gasteiger partial charge is 0.187 e. The number of allylic oxidation sites excluding steroid dienone is 2. The molecule has 6 rings (SSSR count). The van der Waals surface area contributed by atoms with E-state index in [2.05, 4.69) is 32.9 Å². The number of ether oxygens (including phenoxy) is 5. The van der Waals surface area contributed by atoms with Crippen molar-refractivity contribution in [3.05, 3.63) is 23.8 Å². The first-order valence-corrected chi connectivity index (χ1v) is 20.0. The van der Waals surface area contributed by atoms with Crippen LogP contribution in [-0.2, 0) is 23.7 Å². The minimum atomic E-state index is -1.44. The van der Waals surface area contributed by atoms with Gasteiger partial charge < -0.3 is 69.6 Å². The molecule has 0 spiro atoms. The van der Waals surface area contributed by atoms with E-state index < -0.39 is 96.0 Å². The number of aliphatic hydroxyl groups is 9. The van der Waals surface area contributed by atoms with Crippen LogP contribution < -0.4 is 0 Å². The molecule has 5 fully saturated rings. The minimum Gasteiger partial charge on any atom is -0.390 e. The third kappa shape index (κ3) is 7.29. The first kappa shape index (κ1) is 42.5. The van der Waals surface area contributed by atoms with Crippen LogP contribution in [0.5, 0.6) is 0 Å². The molecule has 310 valence electrons. The second-order valence-corrected chi connectivity index (χ2v) is 17.9. The topological polar surface area (TPSA) is 228 Å². The number of hydrogen-bond donors (Lipinski definition) is 9. The van der Waals surface area contributed by atoms with Crippen molar-refractivity contribution in [2.24, 2.45) is 46.3 Å². The van der Waals surface area contributed by atoms with Gasteiger partial charge in [-0.2, -0.15) is 0 Å². The zero-order valence-electron chi connectivity index (χ0n) is 32.6. The van der Waals surface area contributed by atoms with Gasteiger partial charge >= 0.3 is 0 Å². The van der Waals surface area contributed by atoms with Crippen LogP contribution in [0.1, 0.15) is 73.1 Å². The van der Waals surface area contributed by atoms with Gasteiger partial charge in [0.25, 0.3) is 0 Å². The quantitative estimate of drug-likeness (QED) is 0.130. The lowest BCUT2D eigenvalue weighted by atomic mass is 9.43. The Morgan fingerprint density at radius 1 is 0.852 bits per heavy atom. The van der Waals surface area contributed by atoms with E-state index in [1.165, 1.54) is 7.11 Å². The molecule has 0 unspecified atom stereocenters. The lowest BCUT2D eigenvalue weighted by molar-refractivity contribution is -0.285. The van der Waals surface area contributed by atoms with Crippen molar-refractivity contribution in [1.82, 2.24) is 0 Å². The summed E-state index contributed by atoms with van der Waals surface area (Å²) < 4.78 is 28.5. The number of rotatable bonds is 11. The van der Waals surface area contributed by atoms with Gasteiger partial charge in [0.2, 0.25) is 0 Å². The molecule has 0 aromatic carbocycles. The molecule has 2 aliphatic heterocycles. The van der Waals surface area contributed by atoms with Gasteiger partial charge in [0.1, 0.15) is 36.6 Å². The molecule has 14 heteroatoms. The summed E-state index contributed by atoms with van der Waals surface area (Å²) in [6.45, 7) is 10.3. The van der Waals surface area contributed by atoms with E-state index in [4.69, 9.17) is 23.7 Å². The second kappa shape index (κ2) is 16.3. The Hall–Kier alpha value is -1.08. The number of methoxy groups -OCH3 is 1. The van der Waals surface area contributed by atoms with E-state index in [0.29, 0.717) is 25.7 Å². The summed E-state index contributed by atoms with van der Waals surface area (Å²) in [6.07, 6.45) is -3.27. The molecule has 4 aliphatic carbocycles. The molecule has 3 saturated carbocycles. The Kier molecular flexibility index (Phi) is 12.8. The van der Waals surface area contributed by atoms with E-state index in [0.717, 1.165) is 12.0 Å². The van der Waals surface area contributed by atoms with Crippen LogP contribution in [-0.4, -0.2) is 152 Å². The molecular weight excluding hydrogens is 704 g/mol. The van der Waals surface area contributed by atoms with Crippen LogP contribution in [0, 0.1) is 46.3 Å². The molecule has 54 heavy (non-hydrogen) atoms. The lowest BCUT2D eigenvalue weighted by Gasteiger charge is -2.63. The predicted molar refractivity (Wildman–Crippen MR) is 193 cm³/mol. The highest BCUT2D eigenvalue weighted by Crippen LogP contribution is 2.69. The van der Waals surface area contributed by atoms with Crippen molar-refractivity contribution in [3.63, 3.8) is 0 Å². The normalized spacial score (nSPS) is 51.2. The number of hydrogen-bond acceptors (Lipinski definition) is 14.